The number of carbonyl (C=O) groups excluding carboxylic acids is 1. The molecule has 0 spiro atoms. The molecule has 0 bridgehead atoms. The predicted octanol–water partition coefficient (Wildman–Crippen LogP) is 1.91. The molecule has 0 aromatic carbocycles. The van der Waals surface area contributed by atoms with Crippen molar-refractivity contribution in [2.24, 2.45) is 11.8 Å². The van der Waals surface area contributed by atoms with Crippen LogP contribution < -0.4 is 0 Å². The van der Waals surface area contributed by atoms with Gasteiger partial charge in [-0.05, 0) is 19.3 Å². The van der Waals surface area contributed by atoms with Crippen LogP contribution in [0.3, 0.4) is 0 Å². The number of hydrogen-bond donors (Lipinski definition) is 0. The van der Waals surface area contributed by atoms with Gasteiger partial charge in [-0.2, -0.15) is 5.26 Å². The van der Waals surface area contributed by atoms with E-state index in [1.54, 1.807) is 0 Å². The van der Waals surface area contributed by atoms with E-state index >= 15 is 0 Å². The number of ketones is 1. The van der Waals surface area contributed by atoms with E-state index in [0.29, 0.717) is 6.42 Å². The van der Waals surface area contributed by atoms with Gasteiger partial charge in [-0.1, -0.05) is 13.3 Å². The quantitative estimate of drug-likeness (QED) is 0.618. The maximum absolute atomic E-state index is 11.4. The fourth-order valence-corrected chi connectivity index (χ4v) is 1.33. The highest BCUT2D eigenvalue weighted by Crippen LogP contribution is 2.30. The Balaban J connectivity index is 2.45. The maximum atomic E-state index is 11.4. The van der Waals surface area contributed by atoms with E-state index in [4.69, 9.17) is 5.26 Å². The van der Waals surface area contributed by atoms with Gasteiger partial charge in [0.1, 0.15) is 5.92 Å². The van der Waals surface area contributed by atoms with Crippen molar-refractivity contribution in [3.8, 4) is 6.07 Å². The van der Waals surface area contributed by atoms with Gasteiger partial charge in [0.05, 0.1) is 6.07 Å². The first kappa shape index (κ1) is 8.26. The van der Waals surface area contributed by atoms with E-state index in [1.807, 2.05) is 6.92 Å². The Bertz CT molecular complexity index is 188. The maximum Gasteiger partial charge on any atom is 0.153 e. The summed E-state index contributed by atoms with van der Waals surface area (Å²) < 4.78 is 0. The number of rotatable bonds is 3. The van der Waals surface area contributed by atoms with Crippen molar-refractivity contribution in [3.05, 3.63) is 0 Å². The highest BCUT2D eigenvalue weighted by Gasteiger charge is 2.29. The van der Waals surface area contributed by atoms with Crippen molar-refractivity contribution in [2.45, 2.75) is 32.6 Å². The van der Waals surface area contributed by atoms with Gasteiger partial charge in [-0.15, -0.1) is 0 Å². The number of carbonyl (C=O) groups is 1. The van der Waals surface area contributed by atoms with Crippen LogP contribution in [0.15, 0.2) is 0 Å². The van der Waals surface area contributed by atoms with Crippen LogP contribution in [0.5, 0.6) is 0 Å². The summed E-state index contributed by atoms with van der Waals surface area (Å²) in [5.41, 5.74) is 0. The molecule has 1 saturated carbocycles. The lowest BCUT2D eigenvalue weighted by Crippen LogP contribution is -2.27. The largest absolute Gasteiger partial charge is 0.298 e. The topological polar surface area (TPSA) is 40.9 Å². The second kappa shape index (κ2) is 3.52. The monoisotopic (exact) mass is 151 g/mol. The Morgan fingerprint density at radius 3 is 2.64 bits per heavy atom. The van der Waals surface area contributed by atoms with E-state index in [1.165, 1.54) is 0 Å². The summed E-state index contributed by atoms with van der Waals surface area (Å²) >= 11 is 0. The lowest BCUT2D eigenvalue weighted by Gasteiger charge is -2.25. The predicted molar refractivity (Wildman–Crippen MR) is 41.7 cm³/mol. The second-order valence-electron chi connectivity index (χ2n) is 3.12. The molecule has 0 N–H and O–H groups in total. The Labute approximate surface area is 67.2 Å². The number of hydrogen-bond acceptors (Lipinski definition) is 2. The molecule has 0 heterocycles. The normalized spacial score (nSPS) is 20.0. The van der Waals surface area contributed by atoms with Gasteiger partial charge < -0.3 is 0 Å². The Morgan fingerprint density at radius 1 is 1.73 bits per heavy atom. The molecule has 2 heteroatoms. The van der Waals surface area contributed by atoms with Gasteiger partial charge in [0.25, 0.3) is 0 Å². The van der Waals surface area contributed by atoms with E-state index in [0.717, 1.165) is 19.3 Å². The van der Waals surface area contributed by atoms with Crippen LogP contribution in [0.4, 0.5) is 0 Å². The van der Waals surface area contributed by atoms with Gasteiger partial charge >= 0.3 is 0 Å². The minimum atomic E-state index is -0.333. The molecule has 1 atom stereocenters. The van der Waals surface area contributed by atoms with E-state index in [2.05, 4.69) is 6.07 Å². The third-order valence-electron chi connectivity index (χ3n) is 2.42. The molecular formula is C9H13NO. The highest BCUT2D eigenvalue weighted by molar-refractivity contribution is 5.86. The van der Waals surface area contributed by atoms with Crippen molar-refractivity contribution >= 4 is 5.78 Å². The molecule has 1 aliphatic rings. The zero-order valence-corrected chi connectivity index (χ0v) is 6.84. The molecule has 0 aromatic rings. The summed E-state index contributed by atoms with van der Waals surface area (Å²) in [6.45, 7) is 1.89. The first-order valence-corrected chi connectivity index (χ1v) is 4.23. The SMILES string of the molecule is CCC(C#N)C(=O)C1CCC1. The molecule has 11 heavy (non-hydrogen) atoms. The average molecular weight is 151 g/mol. The summed E-state index contributed by atoms with van der Waals surface area (Å²) in [5.74, 6) is 0.0705. The summed E-state index contributed by atoms with van der Waals surface area (Å²) in [6, 6.07) is 2.05. The number of nitriles is 1. The van der Waals surface area contributed by atoms with E-state index < -0.39 is 0 Å². The van der Waals surface area contributed by atoms with Crippen molar-refractivity contribution in [1.82, 2.24) is 0 Å². The van der Waals surface area contributed by atoms with Gasteiger partial charge in [0.2, 0.25) is 0 Å². The second-order valence-corrected chi connectivity index (χ2v) is 3.12. The van der Waals surface area contributed by atoms with Crippen molar-refractivity contribution in [1.29, 1.82) is 5.26 Å². The molecule has 0 saturated heterocycles. The third kappa shape index (κ3) is 1.59. The highest BCUT2D eigenvalue weighted by atomic mass is 16.1. The van der Waals surface area contributed by atoms with E-state index in [-0.39, 0.29) is 17.6 Å². The van der Waals surface area contributed by atoms with Crippen molar-refractivity contribution in [2.75, 3.05) is 0 Å². The minimum Gasteiger partial charge on any atom is -0.298 e. The van der Waals surface area contributed by atoms with Gasteiger partial charge in [-0.25, -0.2) is 0 Å². The lowest BCUT2D eigenvalue weighted by molar-refractivity contribution is -0.127. The zero-order chi connectivity index (χ0) is 8.27. The number of Topliss-reactive ketones (excluding diaryl/α,β-unsaturated/α-hetero) is 1. The molecule has 1 fully saturated rings. The molecule has 60 valence electrons. The summed E-state index contributed by atoms with van der Waals surface area (Å²) in [4.78, 5) is 11.4. The first-order chi connectivity index (χ1) is 5.29. The molecule has 2 nitrogen and oxygen atoms in total. The Morgan fingerprint density at radius 2 is 2.36 bits per heavy atom. The summed E-state index contributed by atoms with van der Waals surface area (Å²) in [6.07, 6.45) is 3.86. The van der Waals surface area contributed by atoms with Gasteiger partial charge in [0, 0.05) is 5.92 Å². The fourth-order valence-electron chi connectivity index (χ4n) is 1.33. The van der Waals surface area contributed by atoms with Gasteiger partial charge in [0.15, 0.2) is 5.78 Å². The fraction of sp³-hybridized carbons (Fsp3) is 0.778. The third-order valence-corrected chi connectivity index (χ3v) is 2.42. The zero-order valence-electron chi connectivity index (χ0n) is 6.84. The summed E-state index contributed by atoms with van der Waals surface area (Å²) in [5, 5.41) is 8.59. The van der Waals surface area contributed by atoms with Crippen LogP contribution in [-0.2, 0) is 4.79 Å². The molecule has 1 aliphatic carbocycles. The van der Waals surface area contributed by atoms with Crippen LogP contribution in [0.25, 0.3) is 0 Å². The van der Waals surface area contributed by atoms with Crippen LogP contribution >= 0.6 is 0 Å². The average Bonchev–Trinajstić information content (AvgIpc) is 1.86. The van der Waals surface area contributed by atoms with Crippen molar-refractivity contribution in [3.63, 3.8) is 0 Å². The number of nitrogens with zero attached hydrogens (tertiary/aromatic N) is 1. The standard InChI is InChI=1S/C9H13NO/c1-2-7(6-10)9(11)8-4-3-5-8/h7-8H,2-5H2,1H3. The molecule has 0 amide bonds. The molecule has 0 radical (unpaired) electrons. The van der Waals surface area contributed by atoms with Crippen LogP contribution in [-0.4, -0.2) is 5.78 Å². The lowest BCUT2D eigenvalue weighted by atomic mass is 9.77. The van der Waals surface area contributed by atoms with Crippen LogP contribution in [0.2, 0.25) is 0 Å². The molecule has 1 unspecified atom stereocenters. The Hall–Kier alpha value is -0.840. The minimum absolute atomic E-state index is 0.182. The molecule has 0 aromatic heterocycles. The van der Waals surface area contributed by atoms with Crippen molar-refractivity contribution < 1.29 is 4.79 Å². The molecular weight excluding hydrogens is 138 g/mol. The molecule has 1 rings (SSSR count). The smallest absolute Gasteiger partial charge is 0.153 e. The van der Waals surface area contributed by atoms with E-state index in [9.17, 15) is 4.79 Å². The van der Waals surface area contributed by atoms with Crippen LogP contribution in [0.1, 0.15) is 32.6 Å². The Kier molecular flexibility index (Phi) is 2.64. The van der Waals surface area contributed by atoms with Crippen LogP contribution in [0, 0.1) is 23.2 Å². The van der Waals surface area contributed by atoms with Gasteiger partial charge in [-0.3, -0.25) is 4.79 Å². The molecule has 0 aliphatic heterocycles. The summed E-state index contributed by atoms with van der Waals surface area (Å²) in [7, 11) is 0. The first-order valence-electron chi connectivity index (χ1n) is 4.23.